The standard InChI is InChI=1S/C29H37N3O3/c1-22(2)31(28(34)24-13-8-7-9-14-24)21-27(33)32(29(3,4)5)20-25-15-11-17-30(25)19-23-12-10-16-26(18-23)35-6/h7-18,22H,19-21H2,1-6H3. The zero-order valence-electron chi connectivity index (χ0n) is 21.7. The number of rotatable bonds is 9. The van der Waals surface area contributed by atoms with Crippen molar-refractivity contribution in [2.75, 3.05) is 13.7 Å². The van der Waals surface area contributed by atoms with Crippen molar-refractivity contribution in [1.29, 1.82) is 0 Å². The van der Waals surface area contributed by atoms with Gasteiger partial charge in [0.15, 0.2) is 0 Å². The molecule has 0 aliphatic carbocycles. The molecule has 0 radical (unpaired) electrons. The molecule has 2 amide bonds. The predicted octanol–water partition coefficient (Wildman–Crippen LogP) is 5.22. The fourth-order valence-corrected chi connectivity index (χ4v) is 4.04. The van der Waals surface area contributed by atoms with E-state index < -0.39 is 5.54 Å². The van der Waals surface area contributed by atoms with Gasteiger partial charge in [0, 0.05) is 35.6 Å². The van der Waals surface area contributed by atoms with E-state index in [0.29, 0.717) is 18.7 Å². The Bertz CT molecular complexity index is 1130. The number of benzene rings is 2. The molecule has 3 rings (SSSR count). The SMILES string of the molecule is COc1cccc(Cn2cccc2CN(C(=O)CN(C(=O)c2ccccc2)C(C)C)C(C)(C)C)c1. The Morgan fingerprint density at radius 3 is 2.31 bits per heavy atom. The summed E-state index contributed by atoms with van der Waals surface area (Å²) in [5.41, 5.74) is 2.32. The van der Waals surface area contributed by atoms with Crippen LogP contribution in [0.3, 0.4) is 0 Å². The van der Waals surface area contributed by atoms with Gasteiger partial charge in [-0.05, 0) is 76.6 Å². The summed E-state index contributed by atoms with van der Waals surface area (Å²) in [6.07, 6.45) is 2.03. The zero-order valence-corrected chi connectivity index (χ0v) is 21.7. The van der Waals surface area contributed by atoms with Crippen molar-refractivity contribution in [2.45, 2.75) is 59.3 Å². The first-order valence-corrected chi connectivity index (χ1v) is 12.0. The summed E-state index contributed by atoms with van der Waals surface area (Å²) < 4.78 is 7.51. The molecule has 186 valence electrons. The van der Waals surface area contributed by atoms with Gasteiger partial charge in [-0.1, -0.05) is 30.3 Å². The molecule has 0 fully saturated rings. The Hall–Kier alpha value is -3.54. The number of nitrogens with zero attached hydrogens (tertiary/aromatic N) is 3. The van der Waals surface area contributed by atoms with E-state index in [9.17, 15) is 9.59 Å². The normalized spacial score (nSPS) is 11.4. The lowest BCUT2D eigenvalue weighted by atomic mass is 10.0. The van der Waals surface area contributed by atoms with Crippen LogP contribution in [0.4, 0.5) is 0 Å². The second-order valence-electron chi connectivity index (χ2n) is 10.0. The predicted molar refractivity (Wildman–Crippen MR) is 139 cm³/mol. The Morgan fingerprint density at radius 1 is 0.971 bits per heavy atom. The molecule has 1 aromatic heterocycles. The summed E-state index contributed by atoms with van der Waals surface area (Å²) in [4.78, 5) is 30.3. The number of amides is 2. The van der Waals surface area contributed by atoms with Crippen LogP contribution in [0, 0.1) is 0 Å². The van der Waals surface area contributed by atoms with Gasteiger partial charge in [-0.25, -0.2) is 0 Å². The van der Waals surface area contributed by atoms with E-state index in [1.54, 1.807) is 24.1 Å². The highest BCUT2D eigenvalue weighted by Crippen LogP contribution is 2.21. The molecule has 0 N–H and O–H groups in total. The largest absolute Gasteiger partial charge is 0.497 e. The summed E-state index contributed by atoms with van der Waals surface area (Å²) >= 11 is 0. The van der Waals surface area contributed by atoms with Crippen LogP contribution in [0.2, 0.25) is 0 Å². The number of aromatic nitrogens is 1. The van der Waals surface area contributed by atoms with Crippen LogP contribution in [0.25, 0.3) is 0 Å². The van der Waals surface area contributed by atoms with Crippen LogP contribution >= 0.6 is 0 Å². The van der Waals surface area contributed by atoms with Crippen molar-refractivity contribution >= 4 is 11.8 Å². The molecule has 0 bridgehead atoms. The fourth-order valence-electron chi connectivity index (χ4n) is 4.04. The topological polar surface area (TPSA) is 54.8 Å². The third kappa shape index (κ3) is 6.75. The van der Waals surface area contributed by atoms with E-state index in [1.165, 1.54) is 0 Å². The Labute approximate surface area is 209 Å². The summed E-state index contributed by atoms with van der Waals surface area (Å²) in [6, 6.07) is 21.1. The molecule has 0 aliphatic heterocycles. The first-order valence-electron chi connectivity index (χ1n) is 12.0. The van der Waals surface area contributed by atoms with Gasteiger partial charge in [0.25, 0.3) is 5.91 Å². The molecule has 6 heteroatoms. The lowest BCUT2D eigenvalue weighted by Gasteiger charge is -2.38. The molecule has 0 saturated heterocycles. The maximum atomic E-state index is 13.6. The first kappa shape index (κ1) is 26.1. The highest BCUT2D eigenvalue weighted by atomic mass is 16.5. The van der Waals surface area contributed by atoms with Crippen molar-refractivity contribution in [3.63, 3.8) is 0 Å². The van der Waals surface area contributed by atoms with E-state index in [1.807, 2.05) is 94.2 Å². The summed E-state index contributed by atoms with van der Waals surface area (Å²) in [6.45, 7) is 11.1. The Balaban J connectivity index is 1.80. The molecule has 0 aliphatic rings. The van der Waals surface area contributed by atoms with Gasteiger partial charge >= 0.3 is 0 Å². The number of hydrogen-bond donors (Lipinski definition) is 0. The quantitative estimate of drug-likeness (QED) is 0.426. The molecule has 0 atom stereocenters. The minimum atomic E-state index is -0.416. The van der Waals surface area contributed by atoms with E-state index in [0.717, 1.165) is 17.0 Å². The third-order valence-electron chi connectivity index (χ3n) is 6.05. The van der Waals surface area contributed by atoms with Crippen molar-refractivity contribution in [1.82, 2.24) is 14.4 Å². The van der Waals surface area contributed by atoms with Crippen LogP contribution in [-0.4, -0.2) is 51.4 Å². The Morgan fingerprint density at radius 2 is 1.69 bits per heavy atom. The zero-order chi connectivity index (χ0) is 25.6. The molecular formula is C29H37N3O3. The van der Waals surface area contributed by atoms with Gasteiger partial charge in [0.05, 0.1) is 13.7 Å². The molecule has 6 nitrogen and oxygen atoms in total. The molecule has 0 saturated carbocycles. The van der Waals surface area contributed by atoms with E-state index in [-0.39, 0.29) is 24.4 Å². The van der Waals surface area contributed by atoms with Gasteiger partial charge in [0.1, 0.15) is 12.3 Å². The second kappa shape index (κ2) is 11.3. The molecular weight excluding hydrogens is 438 g/mol. The number of carbonyl (C=O) groups excluding carboxylic acids is 2. The molecule has 0 spiro atoms. The second-order valence-corrected chi connectivity index (χ2v) is 10.0. The number of hydrogen-bond acceptors (Lipinski definition) is 3. The molecule has 2 aromatic carbocycles. The average Bonchev–Trinajstić information content (AvgIpc) is 3.26. The molecule has 0 unspecified atom stereocenters. The summed E-state index contributed by atoms with van der Waals surface area (Å²) in [7, 11) is 1.66. The van der Waals surface area contributed by atoms with Gasteiger partial charge in [0.2, 0.25) is 5.91 Å². The van der Waals surface area contributed by atoms with Crippen LogP contribution in [0.15, 0.2) is 72.9 Å². The van der Waals surface area contributed by atoms with Crippen molar-refractivity contribution in [2.24, 2.45) is 0 Å². The maximum Gasteiger partial charge on any atom is 0.254 e. The average molecular weight is 476 g/mol. The van der Waals surface area contributed by atoms with E-state index in [4.69, 9.17) is 4.74 Å². The van der Waals surface area contributed by atoms with Crippen molar-refractivity contribution in [3.05, 3.63) is 89.7 Å². The monoisotopic (exact) mass is 475 g/mol. The van der Waals surface area contributed by atoms with E-state index in [2.05, 4.69) is 10.6 Å². The van der Waals surface area contributed by atoms with Gasteiger partial charge in [-0.15, -0.1) is 0 Å². The highest BCUT2D eigenvalue weighted by molar-refractivity contribution is 5.96. The number of carbonyl (C=O) groups is 2. The minimum Gasteiger partial charge on any atom is -0.497 e. The first-order chi connectivity index (χ1) is 16.6. The fraction of sp³-hybridized carbons (Fsp3) is 0.379. The van der Waals surface area contributed by atoms with Gasteiger partial charge in [-0.3, -0.25) is 9.59 Å². The smallest absolute Gasteiger partial charge is 0.254 e. The summed E-state index contributed by atoms with van der Waals surface area (Å²) in [5, 5.41) is 0. The van der Waals surface area contributed by atoms with Gasteiger partial charge in [-0.2, -0.15) is 0 Å². The highest BCUT2D eigenvalue weighted by Gasteiger charge is 2.31. The van der Waals surface area contributed by atoms with Crippen molar-refractivity contribution in [3.8, 4) is 5.75 Å². The molecule has 3 aromatic rings. The van der Waals surface area contributed by atoms with Crippen LogP contribution < -0.4 is 4.74 Å². The third-order valence-corrected chi connectivity index (χ3v) is 6.05. The molecule has 35 heavy (non-hydrogen) atoms. The van der Waals surface area contributed by atoms with E-state index >= 15 is 0 Å². The number of methoxy groups -OCH3 is 1. The minimum absolute atomic E-state index is 0.0270. The van der Waals surface area contributed by atoms with Crippen LogP contribution in [0.5, 0.6) is 5.75 Å². The lowest BCUT2D eigenvalue weighted by Crippen LogP contribution is -2.51. The summed E-state index contributed by atoms with van der Waals surface area (Å²) in [5.74, 6) is 0.605. The Kier molecular flexibility index (Phi) is 8.39. The van der Waals surface area contributed by atoms with Crippen LogP contribution in [-0.2, 0) is 17.9 Å². The van der Waals surface area contributed by atoms with Crippen LogP contribution in [0.1, 0.15) is 56.2 Å². The lowest BCUT2D eigenvalue weighted by molar-refractivity contribution is -0.138. The molecule has 1 heterocycles. The number of ether oxygens (including phenoxy) is 1. The maximum absolute atomic E-state index is 13.6. The van der Waals surface area contributed by atoms with Gasteiger partial charge < -0.3 is 19.1 Å². The van der Waals surface area contributed by atoms with Crippen molar-refractivity contribution < 1.29 is 14.3 Å².